The van der Waals surface area contributed by atoms with Crippen LogP contribution in [0.2, 0.25) is 0 Å². The standard InChI is InChI=1S/C17H36N4O3/c1-5-7-12-24-14-9-11-19-17(18-10-8-13-23-6-2)20-15-16(22)21(3)4/h5-15H2,1-4H3,(H2,18,19,20). The SMILES string of the molecule is CCCCOCCCNC(=NCC(=O)N(C)C)NCCCOCC. The molecule has 0 aromatic carbocycles. The number of aliphatic imine (C=N–C) groups is 1. The molecule has 2 N–H and O–H groups in total. The molecule has 0 radical (unpaired) electrons. The van der Waals surface area contributed by atoms with E-state index in [1.807, 2.05) is 6.92 Å². The Hall–Kier alpha value is -1.34. The number of nitrogens with zero attached hydrogens (tertiary/aromatic N) is 2. The van der Waals surface area contributed by atoms with Gasteiger partial charge in [-0.15, -0.1) is 0 Å². The van der Waals surface area contributed by atoms with Crippen LogP contribution < -0.4 is 10.6 Å². The van der Waals surface area contributed by atoms with Crippen LogP contribution in [0.3, 0.4) is 0 Å². The number of likely N-dealkylation sites (N-methyl/N-ethyl adjacent to an activating group) is 1. The van der Waals surface area contributed by atoms with Gasteiger partial charge in [0.05, 0.1) is 0 Å². The Balaban J connectivity index is 4.07. The lowest BCUT2D eigenvalue weighted by Gasteiger charge is -2.14. The summed E-state index contributed by atoms with van der Waals surface area (Å²) >= 11 is 0. The van der Waals surface area contributed by atoms with Gasteiger partial charge in [-0.25, -0.2) is 4.99 Å². The van der Waals surface area contributed by atoms with Crippen molar-refractivity contribution in [2.45, 2.75) is 39.5 Å². The first-order valence-electron chi connectivity index (χ1n) is 8.99. The summed E-state index contributed by atoms with van der Waals surface area (Å²) in [6.45, 7) is 8.81. The second-order valence-corrected chi connectivity index (χ2v) is 5.68. The van der Waals surface area contributed by atoms with Crippen LogP contribution in [0.15, 0.2) is 4.99 Å². The Morgan fingerprint density at radius 1 is 0.958 bits per heavy atom. The van der Waals surface area contributed by atoms with E-state index < -0.39 is 0 Å². The molecule has 0 aliphatic heterocycles. The van der Waals surface area contributed by atoms with E-state index in [-0.39, 0.29) is 12.5 Å². The highest BCUT2D eigenvalue weighted by Crippen LogP contribution is 1.89. The number of unbranched alkanes of at least 4 members (excludes halogenated alkanes) is 1. The maximum absolute atomic E-state index is 11.7. The molecule has 0 saturated heterocycles. The smallest absolute Gasteiger partial charge is 0.243 e. The molecule has 0 bridgehead atoms. The third kappa shape index (κ3) is 14.3. The molecule has 0 saturated carbocycles. The van der Waals surface area contributed by atoms with E-state index >= 15 is 0 Å². The van der Waals surface area contributed by atoms with Gasteiger partial charge in [-0.05, 0) is 26.2 Å². The number of amides is 1. The summed E-state index contributed by atoms with van der Waals surface area (Å²) in [7, 11) is 3.46. The maximum Gasteiger partial charge on any atom is 0.243 e. The van der Waals surface area contributed by atoms with E-state index in [0.717, 1.165) is 65.2 Å². The lowest BCUT2D eigenvalue weighted by Crippen LogP contribution is -2.40. The van der Waals surface area contributed by atoms with Gasteiger partial charge in [0.2, 0.25) is 5.91 Å². The molecule has 24 heavy (non-hydrogen) atoms. The lowest BCUT2D eigenvalue weighted by molar-refractivity contribution is -0.127. The van der Waals surface area contributed by atoms with Crippen molar-refractivity contribution >= 4 is 11.9 Å². The highest BCUT2D eigenvalue weighted by molar-refractivity contribution is 5.84. The largest absolute Gasteiger partial charge is 0.382 e. The zero-order valence-electron chi connectivity index (χ0n) is 15.9. The molecule has 0 aromatic heterocycles. The van der Waals surface area contributed by atoms with Crippen molar-refractivity contribution in [1.29, 1.82) is 0 Å². The normalized spacial score (nSPS) is 11.4. The summed E-state index contributed by atoms with van der Waals surface area (Å²) in [5.74, 6) is 0.642. The molecule has 0 rings (SSSR count). The summed E-state index contributed by atoms with van der Waals surface area (Å²) < 4.78 is 10.8. The van der Waals surface area contributed by atoms with Crippen molar-refractivity contribution < 1.29 is 14.3 Å². The molecular formula is C17H36N4O3. The minimum Gasteiger partial charge on any atom is -0.382 e. The summed E-state index contributed by atoms with van der Waals surface area (Å²) in [6.07, 6.45) is 4.07. The van der Waals surface area contributed by atoms with Crippen LogP contribution in [0, 0.1) is 0 Å². The van der Waals surface area contributed by atoms with Crippen LogP contribution in [0.4, 0.5) is 0 Å². The molecule has 0 unspecified atom stereocenters. The van der Waals surface area contributed by atoms with Crippen LogP contribution in [-0.2, 0) is 14.3 Å². The zero-order chi connectivity index (χ0) is 18.0. The predicted molar refractivity (Wildman–Crippen MR) is 98.5 cm³/mol. The van der Waals surface area contributed by atoms with E-state index in [0.29, 0.717) is 5.96 Å². The minimum absolute atomic E-state index is 0.0201. The topological polar surface area (TPSA) is 75.2 Å². The fourth-order valence-corrected chi connectivity index (χ4v) is 1.72. The van der Waals surface area contributed by atoms with E-state index in [9.17, 15) is 4.79 Å². The van der Waals surface area contributed by atoms with Crippen LogP contribution in [0.5, 0.6) is 0 Å². The Kier molecular flexibility index (Phi) is 15.6. The fourth-order valence-electron chi connectivity index (χ4n) is 1.72. The van der Waals surface area contributed by atoms with Crippen LogP contribution in [-0.4, -0.2) is 76.9 Å². The third-order valence-electron chi connectivity index (χ3n) is 3.23. The Morgan fingerprint density at radius 3 is 2.08 bits per heavy atom. The molecule has 7 nitrogen and oxygen atoms in total. The quantitative estimate of drug-likeness (QED) is 0.282. The maximum atomic E-state index is 11.7. The molecule has 142 valence electrons. The summed E-state index contributed by atoms with van der Waals surface area (Å²) in [6, 6.07) is 0. The molecule has 0 aliphatic carbocycles. The van der Waals surface area contributed by atoms with Gasteiger partial charge in [-0.1, -0.05) is 13.3 Å². The van der Waals surface area contributed by atoms with Gasteiger partial charge in [-0.3, -0.25) is 4.79 Å². The highest BCUT2D eigenvalue weighted by atomic mass is 16.5. The number of guanidine groups is 1. The van der Waals surface area contributed by atoms with Gasteiger partial charge in [0.25, 0.3) is 0 Å². The molecule has 0 aromatic rings. The molecular weight excluding hydrogens is 308 g/mol. The number of ether oxygens (including phenoxy) is 2. The van der Waals surface area contributed by atoms with Crippen molar-refractivity contribution in [1.82, 2.24) is 15.5 Å². The van der Waals surface area contributed by atoms with Crippen molar-refractivity contribution in [3.63, 3.8) is 0 Å². The minimum atomic E-state index is -0.0201. The second-order valence-electron chi connectivity index (χ2n) is 5.68. The van der Waals surface area contributed by atoms with Crippen molar-refractivity contribution in [2.75, 3.05) is 60.2 Å². The van der Waals surface area contributed by atoms with E-state index in [1.165, 1.54) is 4.90 Å². The van der Waals surface area contributed by atoms with Gasteiger partial charge in [0, 0.05) is 53.6 Å². The van der Waals surface area contributed by atoms with E-state index in [4.69, 9.17) is 9.47 Å². The number of nitrogens with one attached hydrogen (secondary N) is 2. The molecule has 7 heteroatoms. The van der Waals surface area contributed by atoms with Gasteiger partial charge in [0.15, 0.2) is 5.96 Å². The second kappa shape index (κ2) is 16.5. The molecule has 1 amide bonds. The summed E-state index contributed by atoms with van der Waals surface area (Å²) in [4.78, 5) is 17.5. The first kappa shape index (κ1) is 22.7. The predicted octanol–water partition coefficient (Wildman–Crippen LogP) is 1.24. The number of hydrogen-bond acceptors (Lipinski definition) is 4. The summed E-state index contributed by atoms with van der Waals surface area (Å²) in [5.41, 5.74) is 0. The zero-order valence-corrected chi connectivity index (χ0v) is 15.9. The fraction of sp³-hybridized carbons (Fsp3) is 0.882. The molecule has 0 atom stereocenters. The van der Waals surface area contributed by atoms with Crippen LogP contribution in [0.1, 0.15) is 39.5 Å². The van der Waals surface area contributed by atoms with Gasteiger partial charge < -0.3 is 25.0 Å². The van der Waals surface area contributed by atoms with Crippen LogP contribution >= 0.6 is 0 Å². The van der Waals surface area contributed by atoms with Crippen molar-refractivity contribution in [3.8, 4) is 0 Å². The number of carbonyl (C=O) groups excluding carboxylic acids is 1. The molecule has 0 spiro atoms. The number of rotatable bonds is 14. The monoisotopic (exact) mass is 344 g/mol. The van der Waals surface area contributed by atoms with Gasteiger partial charge in [-0.2, -0.15) is 0 Å². The average Bonchev–Trinajstić information content (AvgIpc) is 2.57. The van der Waals surface area contributed by atoms with Crippen molar-refractivity contribution in [3.05, 3.63) is 0 Å². The Labute approximate surface area is 147 Å². The van der Waals surface area contributed by atoms with Gasteiger partial charge in [0.1, 0.15) is 6.54 Å². The first-order chi connectivity index (χ1) is 11.6. The molecule has 0 aliphatic rings. The van der Waals surface area contributed by atoms with E-state index in [2.05, 4.69) is 22.5 Å². The Bertz CT molecular complexity index is 336. The Morgan fingerprint density at radius 2 is 1.54 bits per heavy atom. The lowest BCUT2D eigenvalue weighted by atomic mass is 10.4. The third-order valence-corrected chi connectivity index (χ3v) is 3.23. The first-order valence-corrected chi connectivity index (χ1v) is 8.99. The number of carbonyl (C=O) groups is 1. The summed E-state index contributed by atoms with van der Waals surface area (Å²) in [5, 5.41) is 6.47. The highest BCUT2D eigenvalue weighted by Gasteiger charge is 2.04. The molecule has 0 heterocycles. The van der Waals surface area contributed by atoms with Crippen LogP contribution in [0.25, 0.3) is 0 Å². The van der Waals surface area contributed by atoms with E-state index in [1.54, 1.807) is 14.1 Å². The average molecular weight is 345 g/mol. The van der Waals surface area contributed by atoms with Crippen molar-refractivity contribution in [2.24, 2.45) is 4.99 Å². The van der Waals surface area contributed by atoms with Gasteiger partial charge >= 0.3 is 0 Å². The molecule has 0 fully saturated rings. The number of hydrogen-bond donors (Lipinski definition) is 2.